The van der Waals surface area contributed by atoms with Gasteiger partial charge < -0.3 is 9.84 Å². The Labute approximate surface area is 128 Å². The van der Waals surface area contributed by atoms with Gasteiger partial charge in [0.05, 0.1) is 23.8 Å². The van der Waals surface area contributed by atoms with E-state index in [9.17, 15) is 18.3 Å². The van der Waals surface area contributed by atoms with E-state index in [2.05, 4.69) is 9.46 Å². The Kier molecular flexibility index (Phi) is 4.88. The van der Waals surface area contributed by atoms with Gasteiger partial charge in [-0.25, -0.2) is 17.9 Å². The van der Waals surface area contributed by atoms with Gasteiger partial charge >= 0.3 is 5.97 Å². The highest BCUT2D eigenvalue weighted by molar-refractivity contribution is 7.89. The molecule has 1 aliphatic rings. The molecule has 1 saturated carbocycles. The molecule has 0 aliphatic heterocycles. The summed E-state index contributed by atoms with van der Waals surface area (Å²) >= 11 is 5.90. The van der Waals surface area contributed by atoms with Crippen LogP contribution in [0.1, 0.15) is 23.2 Å². The number of nitrogens with one attached hydrogen (secondary N) is 1. The molecule has 1 fully saturated rings. The first kappa shape index (κ1) is 16.2. The van der Waals surface area contributed by atoms with E-state index in [0.29, 0.717) is 12.8 Å². The number of carbonyl (C=O) groups is 1. The molecule has 2 rings (SSSR count). The number of aliphatic hydroxyl groups excluding tert-OH is 1. The molecule has 0 aromatic heterocycles. The number of rotatable bonds is 5. The molecule has 1 aromatic rings. The highest BCUT2D eigenvalue weighted by Crippen LogP contribution is 2.28. The van der Waals surface area contributed by atoms with Crippen molar-refractivity contribution in [2.45, 2.75) is 23.8 Å². The van der Waals surface area contributed by atoms with E-state index in [0.717, 1.165) is 0 Å². The molecule has 2 N–H and O–H groups in total. The van der Waals surface area contributed by atoms with Crippen LogP contribution in [0.2, 0.25) is 5.02 Å². The molecule has 0 unspecified atom stereocenters. The largest absolute Gasteiger partial charge is 0.465 e. The van der Waals surface area contributed by atoms with Crippen molar-refractivity contribution in [2.24, 2.45) is 5.92 Å². The van der Waals surface area contributed by atoms with Crippen LogP contribution in [0.4, 0.5) is 0 Å². The average molecular weight is 334 g/mol. The van der Waals surface area contributed by atoms with Crippen molar-refractivity contribution in [1.29, 1.82) is 0 Å². The quantitative estimate of drug-likeness (QED) is 0.789. The van der Waals surface area contributed by atoms with E-state index in [4.69, 9.17) is 11.6 Å². The van der Waals surface area contributed by atoms with E-state index >= 15 is 0 Å². The second-order valence-corrected chi connectivity index (χ2v) is 7.12. The monoisotopic (exact) mass is 333 g/mol. The van der Waals surface area contributed by atoms with Crippen molar-refractivity contribution in [3.63, 3.8) is 0 Å². The topological polar surface area (TPSA) is 92.7 Å². The number of aliphatic hydroxyl groups is 1. The van der Waals surface area contributed by atoms with Crippen molar-refractivity contribution in [3.05, 3.63) is 28.8 Å². The summed E-state index contributed by atoms with van der Waals surface area (Å²) < 4.78 is 31.5. The van der Waals surface area contributed by atoms with E-state index < -0.39 is 16.0 Å². The van der Waals surface area contributed by atoms with Crippen molar-refractivity contribution >= 4 is 27.6 Å². The van der Waals surface area contributed by atoms with Crippen molar-refractivity contribution < 1.29 is 23.1 Å². The molecule has 0 atom stereocenters. The lowest BCUT2D eigenvalue weighted by molar-refractivity contribution is 0.0453. The van der Waals surface area contributed by atoms with E-state index in [-0.39, 0.29) is 34.0 Å². The third-order valence-electron chi connectivity index (χ3n) is 3.41. The first-order chi connectivity index (χ1) is 9.83. The Bertz CT molecular complexity index is 640. The highest BCUT2D eigenvalue weighted by Gasteiger charge is 2.29. The number of halogens is 1. The molecule has 0 spiro atoms. The number of ether oxygens (including phenoxy) is 1. The fourth-order valence-corrected chi connectivity index (χ4v) is 3.77. The molecular weight excluding hydrogens is 318 g/mol. The van der Waals surface area contributed by atoms with Gasteiger partial charge in [0, 0.05) is 6.54 Å². The zero-order valence-corrected chi connectivity index (χ0v) is 12.9. The lowest BCUT2D eigenvalue weighted by Gasteiger charge is -2.31. The summed E-state index contributed by atoms with van der Waals surface area (Å²) in [6.07, 6.45) is 0.822. The molecule has 21 heavy (non-hydrogen) atoms. The second-order valence-electron chi connectivity index (χ2n) is 4.98. The molecule has 0 bridgehead atoms. The molecule has 0 amide bonds. The minimum Gasteiger partial charge on any atom is -0.465 e. The summed E-state index contributed by atoms with van der Waals surface area (Å²) in [7, 11) is -2.60. The Morgan fingerprint density at radius 2 is 2.14 bits per heavy atom. The molecule has 0 heterocycles. The van der Waals surface area contributed by atoms with Crippen LogP contribution in [0.3, 0.4) is 0 Å². The van der Waals surface area contributed by atoms with Gasteiger partial charge in [-0.1, -0.05) is 11.6 Å². The van der Waals surface area contributed by atoms with Gasteiger partial charge in [-0.2, -0.15) is 0 Å². The molecule has 0 saturated heterocycles. The number of sulfonamides is 1. The maximum absolute atomic E-state index is 12.2. The zero-order chi connectivity index (χ0) is 15.6. The van der Waals surface area contributed by atoms with Gasteiger partial charge in [-0.15, -0.1) is 0 Å². The molecule has 8 heteroatoms. The average Bonchev–Trinajstić information content (AvgIpc) is 2.41. The van der Waals surface area contributed by atoms with Crippen LogP contribution in [0.5, 0.6) is 0 Å². The van der Waals surface area contributed by atoms with Crippen LogP contribution < -0.4 is 4.72 Å². The maximum Gasteiger partial charge on any atom is 0.337 e. The van der Waals surface area contributed by atoms with Crippen LogP contribution in [-0.4, -0.2) is 39.3 Å². The first-order valence-corrected chi connectivity index (χ1v) is 8.25. The SMILES string of the molecule is COC(=O)c1ccc(Cl)c(S(=O)(=O)NCC2CC(O)C2)c1. The number of hydrogen-bond acceptors (Lipinski definition) is 5. The number of methoxy groups -OCH3 is 1. The standard InChI is InChI=1S/C13H16ClNO5S/c1-20-13(17)9-2-3-11(14)12(6-9)21(18,19)15-7-8-4-10(16)5-8/h2-3,6,8,10,15-16H,4-5,7H2,1H3. The summed E-state index contributed by atoms with van der Waals surface area (Å²) in [6, 6.07) is 3.93. The summed E-state index contributed by atoms with van der Waals surface area (Å²) in [6.45, 7) is 0.234. The van der Waals surface area contributed by atoms with Gasteiger partial charge in [-0.3, -0.25) is 0 Å². The van der Waals surface area contributed by atoms with Gasteiger partial charge in [0.15, 0.2) is 0 Å². The van der Waals surface area contributed by atoms with Gasteiger partial charge in [-0.05, 0) is 37.0 Å². The minimum atomic E-state index is -3.82. The Balaban J connectivity index is 2.16. The van der Waals surface area contributed by atoms with Gasteiger partial charge in [0.1, 0.15) is 4.90 Å². The van der Waals surface area contributed by atoms with Crippen LogP contribution in [0.25, 0.3) is 0 Å². The summed E-state index contributed by atoms with van der Waals surface area (Å²) in [4.78, 5) is 11.3. The molecule has 1 aromatic carbocycles. The maximum atomic E-state index is 12.2. The number of esters is 1. The minimum absolute atomic E-state index is 0.0313. The number of hydrogen-bond donors (Lipinski definition) is 2. The summed E-state index contributed by atoms with van der Waals surface area (Å²) in [5, 5.41) is 9.22. The lowest BCUT2D eigenvalue weighted by atomic mass is 9.83. The normalized spacial score (nSPS) is 21.7. The number of benzene rings is 1. The Morgan fingerprint density at radius 1 is 1.48 bits per heavy atom. The van der Waals surface area contributed by atoms with E-state index in [1.807, 2.05) is 0 Å². The van der Waals surface area contributed by atoms with Crippen molar-refractivity contribution in [3.8, 4) is 0 Å². The van der Waals surface area contributed by atoms with Gasteiger partial charge in [0.25, 0.3) is 0 Å². The van der Waals surface area contributed by atoms with Crippen LogP contribution in [-0.2, 0) is 14.8 Å². The first-order valence-electron chi connectivity index (χ1n) is 6.39. The predicted molar refractivity (Wildman–Crippen MR) is 76.7 cm³/mol. The van der Waals surface area contributed by atoms with Crippen LogP contribution in [0, 0.1) is 5.92 Å². The van der Waals surface area contributed by atoms with Crippen LogP contribution in [0.15, 0.2) is 23.1 Å². The van der Waals surface area contributed by atoms with E-state index in [1.54, 1.807) is 0 Å². The molecule has 1 aliphatic carbocycles. The highest BCUT2D eigenvalue weighted by atomic mass is 35.5. The molecule has 6 nitrogen and oxygen atoms in total. The van der Waals surface area contributed by atoms with E-state index in [1.165, 1.54) is 25.3 Å². The lowest BCUT2D eigenvalue weighted by Crippen LogP contribution is -2.38. The molecular formula is C13H16ClNO5S. The third-order valence-corrected chi connectivity index (χ3v) is 5.32. The fourth-order valence-electron chi connectivity index (χ4n) is 2.13. The molecule has 116 valence electrons. The number of carbonyl (C=O) groups excluding carboxylic acids is 1. The Hall–Kier alpha value is -1.15. The summed E-state index contributed by atoms with van der Waals surface area (Å²) in [5.41, 5.74) is 0.112. The smallest absolute Gasteiger partial charge is 0.337 e. The Morgan fingerprint density at radius 3 is 2.71 bits per heavy atom. The van der Waals surface area contributed by atoms with Crippen molar-refractivity contribution in [2.75, 3.05) is 13.7 Å². The summed E-state index contributed by atoms with van der Waals surface area (Å²) in [5.74, 6) is -0.512. The zero-order valence-electron chi connectivity index (χ0n) is 11.4. The second kappa shape index (κ2) is 6.31. The fraction of sp³-hybridized carbons (Fsp3) is 0.462. The van der Waals surface area contributed by atoms with Crippen LogP contribution >= 0.6 is 11.6 Å². The van der Waals surface area contributed by atoms with Gasteiger partial charge in [0.2, 0.25) is 10.0 Å². The predicted octanol–water partition coefficient (Wildman–Crippen LogP) is 1.18. The molecule has 0 radical (unpaired) electrons. The third kappa shape index (κ3) is 3.74. The van der Waals surface area contributed by atoms with Crippen molar-refractivity contribution in [1.82, 2.24) is 4.72 Å².